The monoisotopic (exact) mass is 538 g/mol. The van der Waals surface area contributed by atoms with E-state index in [1.807, 2.05) is 18.2 Å². The molecule has 0 saturated carbocycles. The molecule has 9 nitrogen and oxygen atoms in total. The molecule has 10 heteroatoms. The smallest absolute Gasteiger partial charge is 0.407 e. The highest BCUT2D eigenvalue weighted by atomic mass is 19.1. The lowest BCUT2D eigenvalue weighted by Gasteiger charge is -2.48. The number of hydrogen-bond acceptors (Lipinski definition) is 6. The Morgan fingerprint density at radius 2 is 1.90 bits per heavy atom. The van der Waals surface area contributed by atoms with Crippen molar-refractivity contribution >= 4 is 17.1 Å². The van der Waals surface area contributed by atoms with E-state index >= 15 is 0 Å². The molecule has 0 aliphatic carbocycles. The van der Waals surface area contributed by atoms with Gasteiger partial charge in [-0.15, -0.1) is 0 Å². The first-order valence-corrected chi connectivity index (χ1v) is 13.4. The number of nitrogens with zero attached hydrogens (tertiary/aromatic N) is 4. The van der Waals surface area contributed by atoms with Crippen LogP contribution in [-0.2, 0) is 13.1 Å². The Kier molecular flexibility index (Phi) is 7.48. The van der Waals surface area contributed by atoms with E-state index in [2.05, 4.69) is 30.7 Å². The van der Waals surface area contributed by atoms with Crippen molar-refractivity contribution in [1.82, 2.24) is 19.4 Å². The predicted octanol–water partition coefficient (Wildman–Crippen LogP) is 4.37. The number of amides is 1. The number of fused-ring (bicyclic) bond motifs is 2. The van der Waals surface area contributed by atoms with Crippen LogP contribution in [0.1, 0.15) is 39.2 Å². The first-order chi connectivity index (χ1) is 18.6. The van der Waals surface area contributed by atoms with E-state index in [9.17, 15) is 19.1 Å². The Labute approximate surface area is 226 Å². The number of piperidine rings is 1. The predicted molar refractivity (Wildman–Crippen MR) is 145 cm³/mol. The van der Waals surface area contributed by atoms with E-state index in [1.54, 1.807) is 10.6 Å². The van der Waals surface area contributed by atoms with Gasteiger partial charge in [0.2, 0.25) is 0 Å². The van der Waals surface area contributed by atoms with E-state index in [1.165, 1.54) is 23.2 Å². The first kappa shape index (κ1) is 26.9. The summed E-state index contributed by atoms with van der Waals surface area (Å²) in [6, 6.07) is 9.77. The normalized spacial score (nSPS) is 19.7. The third kappa shape index (κ3) is 5.85. The molecule has 39 heavy (non-hydrogen) atoms. The van der Waals surface area contributed by atoms with Crippen LogP contribution < -0.4 is 15.0 Å². The van der Waals surface area contributed by atoms with Gasteiger partial charge < -0.3 is 24.0 Å². The van der Waals surface area contributed by atoms with Crippen molar-refractivity contribution in [2.45, 2.75) is 58.8 Å². The van der Waals surface area contributed by atoms with E-state index < -0.39 is 11.9 Å². The van der Waals surface area contributed by atoms with Gasteiger partial charge in [-0.3, -0.25) is 9.69 Å². The van der Waals surface area contributed by atoms with Crippen molar-refractivity contribution in [1.29, 1.82) is 0 Å². The van der Waals surface area contributed by atoms with E-state index in [0.717, 1.165) is 5.56 Å². The van der Waals surface area contributed by atoms with Crippen molar-refractivity contribution in [3.63, 3.8) is 0 Å². The van der Waals surface area contributed by atoms with Crippen LogP contribution in [0.3, 0.4) is 0 Å². The molecule has 5 rings (SSSR count). The van der Waals surface area contributed by atoms with Gasteiger partial charge in [-0.25, -0.2) is 14.2 Å². The van der Waals surface area contributed by atoms with Crippen molar-refractivity contribution in [3.8, 4) is 11.5 Å². The standard InChI is InChI=1S/C29H35FN4O5/c1-29(2,3)26-16-21(34(28(36)37)18-19-4-7-24-25(14-19)39-13-12-38-24)8-9-32(26)10-11-33-23-15-20(30)5-6-22(23)31-17-27(33)35/h4-7,14-15,17,21,26H,8-13,16,18H2,1-3H3,(H,36,37). The lowest BCUT2D eigenvalue weighted by molar-refractivity contribution is 0.0131. The van der Waals surface area contributed by atoms with E-state index in [-0.39, 0.29) is 29.6 Å². The van der Waals surface area contributed by atoms with Crippen molar-refractivity contribution in [2.75, 3.05) is 26.3 Å². The van der Waals surface area contributed by atoms with Gasteiger partial charge in [-0.05, 0) is 54.2 Å². The van der Waals surface area contributed by atoms with Gasteiger partial charge in [0, 0.05) is 38.3 Å². The number of rotatable bonds is 6. The zero-order valence-corrected chi connectivity index (χ0v) is 22.6. The number of carbonyl (C=O) groups is 1. The zero-order chi connectivity index (χ0) is 27.7. The van der Waals surface area contributed by atoms with Crippen molar-refractivity contribution < 1.29 is 23.8 Å². The van der Waals surface area contributed by atoms with Crippen molar-refractivity contribution in [2.24, 2.45) is 5.41 Å². The summed E-state index contributed by atoms with van der Waals surface area (Å²) >= 11 is 0. The number of likely N-dealkylation sites (tertiary alicyclic amines) is 1. The van der Waals surface area contributed by atoms with Gasteiger partial charge in [-0.1, -0.05) is 26.8 Å². The van der Waals surface area contributed by atoms with Gasteiger partial charge >= 0.3 is 6.09 Å². The summed E-state index contributed by atoms with van der Waals surface area (Å²) in [7, 11) is 0. The molecule has 1 aromatic heterocycles. The Morgan fingerprint density at radius 1 is 1.13 bits per heavy atom. The quantitative estimate of drug-likeness (QED) is 0.498. The fourth-order valence-electron chi connectivity index (χ4n) is 5.78. The van der Waals surface area contributed by atoms with Gasteiger partial charge in [0.1, 0.15) is 19.0 Å². The molecule has 2 aromatic carbocycles. The lowest BCUT2D eigenvalue weighted by Crippen LogP contribution is -2.55. The molecule has 1 amide bonds. The zero-order valence-electron chi connectivity index (χ0n) is 22.6. The molecular formula is C29H35FN4O5. The second kappa shape index (κ2) is 10.8. The summed E-state index contributed by atoms with van der Waals surface area (Å²) in [5.74, 6) is 0.908. The Balaban J connectivity index is 1.33. The van der Waals surface area contributed by atoms with Crippen LogP contribution in [0.25, 0.3) is 11.0 Å². The lowest BCUT2D eigenvalue weighted by atomic mass is 9.78. The highest BCUT2D eigenvalue weighted by molar-refractivity contribution is 5.74. The van der Waals surface area contributed by atoms with Crippen LogP contribution in [0.2, 0.25) is 0 Å². The SMILES string of the molecule is CC(C)(C)C1CC(N(Cc2ccc3c(c2)OCCO3)C(=O)O)CCN1CCn1c(=O)cnc2ccc(F)cc21. The van der Waals surface area contributed by atoms with Gasteiger partial charge in [0.25, 0.3) is 5.56 Å². The summed E-state index contributed by atoms with van der Waals surface area (Å²) in [5.41, 5.74) is 1.50. The average molecular weight is 539 g/mol. The molecule has 2 atom stereocenters. The maximum Gasteiger partial charge on any atom is 0.407 e. The molecular weight excluding hydrogens is 503 g/mol. The summed E-state index contributed by atoms with van der Waals surface area (Å²) < 4.78 is 26.8. The second-order valence-electron chi connectivity index (χ2n) is 11.4. The van der Waals surface area contributed by atoms with Crippen molar-refractivity contribution in [3.05, 3.63) is 64.3 Å². The highest BCUT2D eigenvalue weighted by Crippen LogP contribution is 2.35. The van der Waals surface area contributed by atoms with E-state index in [0.29, 0.717) is 68.2 Å². The summed E-state index contributed by atoms with van der Waals surface area (Å²) in [5, 5.41) is 10.2. The minimum absolute atomic E-state index is 0.0823. The second-order valence-corrected chi connectivity index (χ2v) is 11.4. The van der Waals surface area contributed by atoms with Gasteiger partial charge in [0.15, 0.2) is 11.5 Å². The number of halogens is 1. The first-order valence-electron chi connectivity index (χ1n) is 13.4. The maximum absolute atomic E-state index is 14.0. The minimum Gasteiger partial charge on any atom is -0.486 e. The molecule has 1 fully saturated rings. The molecule has 0 bridgehead atoms. The molecule has 0 spiro atoms. The van der Waals surface area contributed by atoms with Gasteiger partial charge in [0.05, 0.1) is 17.2 Å². The average Bonchev–Trinajstić information content (AvgIpc) is 2.90. The summed E-state index contributed by atoms with van der Waals surface area (Å²) in [6.45, 7) is 9.36. The number of benzene rings is 2. The van der Waals surface area contributed by atoms with Crippen LogP contribution in [0, 0.1) is 11.2 Å². The Morgan fingerprint density at radius 3 is 2.64 bits per heavy atom. The molecule has 3 aromatic rings. The molecule has 2 aliphatic rings. The third-order valence-corrected chi connectivity index (χ3v) is 7.75. The molecule has 3 heterocycles. The molecule has 208 valence electrons. The van der Waals surface area contributed by atoms with Crippen LogP contribution in [0.5, 0.6) is 11.5 Å². The molecule has 1 N–H and O–H groups in total. The number of aromatic nitrogens is 2. The number of hydrogen-bond donors (Lipinski definition) is 1. The van der Waals surface area contributed by atoms with Crippen LogP contribution >= 0.6 is 0 Å². The van der Waals surface area contributed by atoms with Crippen LogP contribution in [-0.4, -0.2) is 68.9 Å². The summed E-state index contributed by atoms with van der Waals surface area (Å²) in [6.07, 6.45) is 1.66. The Bertz CT molecular complexity index is 1420. The fraction of sp³-hybridized carbons (Fsp3) is 0.483. The van der Waals surface area contributed by atoms with Gasteiger partial charge in [-0.2, -0.15) is 0 Å². The molecule has 0 radical (unpaired) electrons. The highest BCUT2D eigenvalue weighted by Gasteiger charge is 2.39. The van der Waals surface area contributed by atoms with Crippen LogP contribution in [0.4, 0.5) is 9.18 Å². The topological polar surface area (TPSA) is 97.1 Å². The molecule has 1 saturated heterocycles. The molecule has 2 aliphatic heterocycles. The Hall–Kier alpha value is -3.66. The summed E-state index contributed by atoms with van der Waals surface area (Å²) in [4.78, 5) is 33.1. The van der Waals surface area contributed by atoms with E-state index in [4.69, 9.17) is 9.47 Å². The molecule has 2 unspecified atom stereocenters. The minimum atomic E-state index is -0.951. The maximum atomic E-state index is 14.0. The third-order valence-electron chi connectivity index (χ3n) is 7.75. The van der Waals surface area contributed by atoms with Crippen LogP contribution in [0.15, 0.2) is 47.4 Å². The fourth-order valence-corrected chi connectivity index (χ4v) is 5.78. The largest absolute Gasteiger partial charge is 0.486 e. The number of carboxylic acid groups (broad SMARTS) is 1. The number of ether oxygens (including phenoxy) is 2.